The molecule has 0 unspecified atom stereocenters. The first-order valence-electron chi connectivity index (χ1n) is 7.82. The molecule has 1 aliphatic carbocycles. The van der Waals surface area contributed by atoms with Crippen LogP contribution >= 0.6 is 11.3 Å². The molecule has 6 heteroatoms. The Bertz CT molecular complexity index is 629. The lowest BCUT2D eigenvalue weighted by atomic mass is 10.0. The summed E-state index contributed by atoms with van der Waals surface area (Å²) in [5, 5.41) is 4.13. The molecule has 1 fully saturated rings. The van der Waals surface area contributed by atoms with Crippen LogP contribution in [-0.4, -0.2) is 27.3 Å². The molecule has 0 spiro atoms. The van der Waals surface area contributed by atoms with E-state index >= 15 is 0 Å². The van der Waals surface area contributed by atoms with Gasteiger partial charge in [-0.15, -0.1) is 11.3 Å². The Morgan fingerprint density at radius 3 is 3.00 bits per heavy atom. The average molecular weight is 319 g/mol. The minimum atomic E-state index is -0.212. The summed E-state index contributed by atoms with van der Waals surface area (Å²) in [6, 6.07) is 0. The molecule has 0 radical (unpaired) electrons. The summed E-state index contributed by atoms with van der Waals surface area (Å²) in [6.45, 7) is 0.440. The van der Waals surface area contributed by atoms with Crippen LogP contribution in [0.15, 0.2) is 17.9 Å². The molecule has 0 atom stereocenters. The number of carbonyl (C=O) groups is 1. The summed E-state index contributed by atoms with van der Waals surface area (Å²) in [6.07, 6.45) is 10.3. The Kier molecular flexibility index (Phi) is 4.87. The monoisotopic (exact) mass is 319 g/mol. The quantitative estimate of drug-likeness (QED) is 0.605. The van der Waals surface area contributed by atoms with Crippen molar-refractivity contribution < 1.29 is 9.53 Å². The summed E-state index contributed by atoms with van der Waals surface area (Å²) >= 11 is 1.40. The van der Waals surface area contributed by atoms with Gasteiger partial charge >= 0.3 is 5.97 Å². The van der Waals surface area contributed by atoms with E-state index in [9.17, 15) is 4.79 Å². The normalized spacial score (nSPS) is 15.3. The van der Waals surface area contributed by atoms with Gasteiger partial charge in [0.2, 0.25) is 0 Å². The lowest BCUT2D eigenvalue weighted by molar-refractivity contribution is 0.0504. The molecular weight excluding hydrogens is 298 g/mol. The largest absolute Gasteiger partial charge is 0.461 e. The number of nitrogens with zero attached hydrogens (tertiary/aromatic N) is 3. The van der Waals surface area contributed by atoms with Gasteiger partial charge in [-0.05, 0) is 31.2 Å². The molecule has 0 amide bonds. The van der Waals surface area contributed by atoms with E-state index in [4.69, 9.17) is 4.74 Å². The van der Waals surface area contributed by atoms with Crippen LogP contribution in [0.2, 0.25) is 0 Å². The third kappa shape index (κ3) is 3.55. The average Bonchev–Trinajstić information content (AvgIpc) is 3.23. The number of rotatable bonds is 6. The second-order valence-corrected chi connectivity index (χ2v) is 6.66. The first-order chi connectivity index (χ1) is 10.7. The van der Waals surface area contributed by atoms with E-state index in [1.807, 2.05) is 19.4 Å². The number of aromatic nitrogens is 3. The Morgan fingerprint density at radius 1 is 1.45 bits per heavy atom. The van der Waals surface area contributed by atoms with E-state index in [1.54, 1.807) is 10.2 Å². The van der Waals surface area contributed by atoms with Crippen LogP contribution in [0.5, 0.6) is 0 Å². The molecule has 1 saturated carbocycles. The van der Waals surface area contributed by atoms with Crippen LogP contribution < -0.4 is 0 Å². The van der Waals surface area contributed by atoms with Gasteiger partial charge in [0, 0.05) is 19.2 Å². The molecular formula is C16H21N3O2S. The smallest absolute Gasteiger partial charge is 0.350 e. The third-order valence-electron chi connectivity index (χ3n) is 4.12. The number of carbonyl (C=O) groups excluding carboxylic acids is 1. The van der Waals surface area contributed by atoms with Crippen molar-refractivity contribution in [3.8, 4) is 0 Å². The maximum atomic E-state index is 12.2. The minimum absolute atomic E-state index is 0.212. The standard InChI is InChI=1S/C16H21N3O2S/c1-19-10-12(9-18-19)5-4-8-21-16(20)15-14(17-11-22-15)13-6-2-3-7-13/h9-11,13H,2-8H2,1H3. The number of aryl methyl sites for hydroxylation is 2. The predicted octanol–water partition coefficient (Wildman–Crippen LogP) is 3.32. The molecule has 1 aliphatic rings. The maximum absolute atomic E-state index is 12.2. The summed E-state index contributed by atoms with van der Waals surface area (Å²) < 4.78 is 7.20. The van der Waals surface area contributed by atoms with Gasteiger partial charge < -0.3 is 4.74 Å². The van der Waals surface area contributed by atoms with Crippen molar-refractivity contribution in [2.24, 2.45) is 7.05 Å². The molecule has 2 aromatic heterocycles. The van der Waals surface area contributed by atoms with Gasteiger partial charge in [-0.25, -0.2) is 9.78 Å². The molecule has 0 saturated heterocycles. The van der Waals surface area contributed by atoms with Gasteiger partial charge in [-0.1, -0.05) is 12.8 Å². The first-order valence-corrected chi connectivity index (χ1v) is 8.70. The van der Waals surface area contributed by atoms with Gasteiger partial charge in [0.05, 0.1) is 24.0 Å². The van der Waals surface area contributed by atoms with Gasteiger partial charge in [0.15, 0.2) is 0 Å². The molecule has 2 heterocycles. The molecule has 3 rings (SSSR count). The lowest BCUT2D eigenvalue weighted by Crippen LogP contribution is -2.09. The van der Waals surface area contributed by atoms with Crippen LogP contribution in [0.1, 0.15) is 59.0 Å². The van der Waals surface area contributed by atoms with E-state index in [-0.39, 0.29) is 5.97 Å². The fraction of sp³-hybridized carbons (Fsp3) is 0.562. The first kappa shape index (κ1) is 15.2. The number of thiazole rings is 1. The Balaban J connectivity index is 1.49. The summed E-state index contributed by atoms with van der Waals surface area (Å²) in [4.78, 5) is 17.3. The highest BCUT2D eigenvalue weighted by atomic mass is 32.1. The van der Waals surface area contributed by atoms with Gasteiger partial charge in [-0.2, -0.15) is 5.10 Å². The van der Waals surface area contributed by atoms with Crippen LogP contribution in [0.3, 0.4) is 0 Å². The molecule has 0 bridgehead atoms. The fourth-order valence-corrected chi connectivity index (χ4v) is 3.77. The van der Waals surface area contributed by atoms with Crippen molar-refractivity contribution in [1.82, 2.24) is 14.8 Å². The SMILES string of the molecule is Cn1cc(CCCOC(=O)c2scnc2C2CCCC2)cn1. The van der Waals surface area contributed by atoms with E-state index in [2.05, 4.69) is 10.1 Å². The van der Waals surface area contributed by atoms with Gasteiger partial charge in [-0.3, -0.25) is 4.68 Å². The number of hydrogen-bond donors (Lipinski definition) is 0. The van der Waals surface area contributed by atoms with E-state index in [1.165, 1.54) is 29.7 Å². The molecule has 0 N–H and O–H groups in total. The Labute approximate surface area is 134 Å². The minimum Gasteiger partial charge on any atom is -0.461 e. The fourth-order valence-electron chi connectivity index (χ4n) is 3.01. The van der Waals surface area contributed by atoms with E-state index < -0.39 is 0 Å². The molecule has 0 aliphatic heterocycles. The van der Waals surface area contributed by atoms with Crippen LogP contribution in [0, 0.1) is 0 Å². The highest BCUT2D eigenvalue weighted by Gasteiger charge is 2.25. The number of esters is 1. The molecule has 5 nitrogen and oxygen atoms in total. The van der Waals surface area contributed by atoms with Gasteiger partial charge in [0.1, 0.15) is 4.88 Å². The summed E-state index contributed by atoms with van der Waals surface area (Å²) in [5.74, 6) is 0.236. The van der Waals surface area contributed by atoms with Crippen LogP contribution in [0.4, 0.5) is 0 Å². The number of ether oxygens (including phenoxy) is 1. The van der Waals surface area contributed by atoms with E-state index in [0.29, 0.717) is 17.4 Å². The zero-order valence-corrected chi connectivity index (χ0v) is 13.6. The zero-order chi connectivity index (χ0) is 15.4. The van der Waals surface area contributed by atoms with Crippen LogP contribution in [-0.2, 0) is 18.2 Å². The summed E-state index contributed by atoms with van der Waals surface area (Å²) in [5.41, 5.74) is 3.89. The van der Waals surface area contributed by atoms with Crippen molar-refractivity contribution in [3.05, 3.63) is 34.0 Å². The van der Waals surface area contributed by atoms with Crippen LogP contribution in [0.25, 0.3) is 0 Å². The van der Waals surface area contributed by atoms with Crippen molar-refractivity contribution in [2.75, 3.05) is 6.61 Å². The molecule has 0 aromatic carbocycles. The third-order valence-corrected chi connectivity index (χ3v) is 4.95. The second kappa shape index (κ2) is 7.05. The van der Waals surface area contributed by atoms with Crippen molar-refractivity contribution in [1.29, 1.82) is 0 Å². The zero-order valence-electron chi connectivity index (χ0n) is 12.8. The van der Waals surface area contributed by atoms with E-state index in [0.717, 1.165) is 31.4 Å². The topological polar surface area (TPSA) is 57.0 Å². The predicted molar refractivity (Wildman–Crippen MR) is 85.1 cm³/mol. The highest BCUT2D eigenvalue weighted by molar-refractivity contribution is 7.11. The van der Waals surface area contributed by atoms with Crippen molar-refractivity contribution >= 4 is 17.3 Å². The second-order valence-electron chi connectivity index (χ2n) is 5.81. The maximum Gasteiger partial charge on any atom is 0.350 e. The van der Waals surface area contributed by atoms with Crippen molar-refractivity contribution in [3.63, 3.8) is 0 Å². The van der Waals surface area contributed by atoms with Crippen molar-refractivity contribution in [2.45, 2.75) is 44.4 Å². The highest BCUT2D eigenvalue weighted by Crippen LogP contribution is 2.36. The molecule has 22 heavy (non-hydrogen) atoms. The Hall–Kier alpha value is -1.69. The summed E-state index contributed by atoms with van der Waals surface area (Å²) in [7, 11) is 1.90. The Morgan fingerprint density at radius 2 is 2.27 bits per heavy atom. The van der Waals surface area contributed by atoms with Gasteiger partial charge in [0.25, 0.3) is 0 Å². The molecule has 2 aromatic rings. The number of hydrogen-bond acceptors (Lipinski definition) is 5. The lowest BCUT2D eigenvalue weighted by Gasteiger charge is -2.08. The molecule has 118 valence electrons.